The van der Waals surface area contributed by atoms with Crippen molar-refractivity contribution in [3.63, 3.8) is 0 Å². The third-order valence-electron chi connectivity index (χ3n) is 13.0. The molecule has 408 valence electrons. The number of aryl methyl sites for hydroxylation is 1. The van der Waals surface area contributed by atoms with Gasteiger partial charge in [-0.25, -0.2) is 4.98 Å². The summed E-state index contributed by atoms with van der Waals surface area (Å²) in [5.74, 6) is -1.80. The monoisotopic (exact) mass is 1050 g/mol. The van der Waals surface area contributed by atoms with Crippen LogP contribution in [-0.2, 0) is 62.0 Å². The van der Waals surface area contributed by atoms with Gasteiger partial charge in [0, 0.05) is 58.0 Å². The number of halogens is 3. The summed E-state index contributed by atoms with van der Waals surface area (Å²) in [6, 6.07) is 6.14. The van der Waals surface area contributed by atoms with Crippen LogP contribution in [0.25, 0.3) is 0 Å². The fourth-order valence-electron chi connectivity index (χ4n) is 8.98. The first-order valence-electron chi connectivity index (χ1n) is 25.1. The fourth-order valence-corrected chi connectivity index (χ4v) is 8.98. The number of carbonyl (C=O) groups is 5. The van der Waals surface area contributed by atoms with Gasteiger partial charge in [-0.2, -0.15) is 18.3 Å². The number of aliphatic hydroxyl groups excluding tert-OH is 2. The van der Waals surface area contributed by atoms with Gasteiger partial charge >= 0.3 is 6.18 Å². The molecule has 0 bridgehead atoms. The predicted octanol–water partition coefficient (Wildman–Crippen LogP) is 1.81. The van der Waals surface area contributed by atoms with Gasteiger partial charge in [0.15, 0.2) is 5.69 Å². The molecule has 6 N–H and O–H groups in total. The first-order valence-corrected chi connectivity index (χ1v) is 25.1. The number of aromatic nitrogens is 4. The van der Waals surface area contributed by atoms with Crippen molar-refractivity contribution in [1.29, 1.82) is 0 Å². The lowest BCUT2D eigenvalue weighted by molar-refractivity contribution is -0.161. The molecule has 3 aromatic rings. The van der Waals surface area contributed by atoms with Gasteiger partial charge in [0.05, 0.1) is 71.3 Å². The summed E-state index contributed by atoms with van der Waals surface area (Å²) in [7, 11) is 0. The van der Waals surface area contributed by atoms with Gasteiger partial charge in [-0.15, -0.1) is 0 Å². The van der Waals surface area contributed by atoms with E-state index < -0.39 is 48.3 Å². The molecule has 2 saturated heterocycles. The van der Waals surface area contributed by atoms with Crippen LogP contribution >= 0.6 is 0 Å². The highest BCUT2D eigenvalue weighted by Crippen LogP contribution is 2.29. The van der Waals surface area contributed by atoms with E-state index in [4.69, 9.17) is 23.7 Å². The third-order valence-corrected chi connectivity index (χ3v) is 13.0. The number of hydrogen-bond acceptors (Lipinski definition) is 16. The van der Waals surface area contributed by atoms with Crippen LogP contribution in [-0.4, -0.2) is 191 Å². The zero-order valence-corrected chi connectivity index (χ0v) is 41.8. The number of anilines is 2. The van der Waals surface area contributed by atoms with Gasteiger partial charge in [-0.3, -0.25) is 33.6 Å². The molecule has 5 amide bonds. The quantitative estimate of drug-likeness (QED) is 0.0522. The predicted molar refractivity (Wildman–Crippen MR) is 259 cm³/mol. The van der Waals surface area contributed by atoms with E-state index in [1.807, 2.05) is 6.92 Å². The van der Waals surface area contributed by atoms with Crippen molar-refractivity contribution in [2.75, 3.05) is 96.3 Å². The molecule has 22 nitrogen and oxygen atoms in total. The number of amides is 5. The van der Waals surface area contributed by atoms with E-state index >= 15 is 0 Å². The Morgan fingerprint density at radius 2 is 1.47 bits per heavy atom. The molecule has 1 aromatic carbocycles. The molecule has 0 spiro atoms. The van der Waals surface area contributed by atoms with Crippen LogP contribution in [0, 0.1) is 5.92 Å². The molecule has 74 heavy (non-hydrogen) atoms. The molecule has 0 unspecified atom stereocenters. The highest BCUT2D eigenvalue weighted by molar-refractivity contribution is 6.00. The summed E-state index contributed by atoms with van der Waals surface area (Å²) in [6.07, 6.45) is 0.855. The number of carbonyl (C=O) groups excluding carboxylic acids is 5. The number of ether oxygens (including phenoxy) is 5. The minimum atomic E-state index is -4.69. The van der Waals surface area contributed by atoms with Crippen molar-refractivity contribution >= 4 is 41.0 Å². The maximum atomic E-state index is 13.8. The number of nitrogens with zero attached hydrogens (tertiary/aromatic N) is 6. The smallest absolute Gasteiger partial charge is 0.388 e. The van der Waals surface area contributed by atoms with Gasteiger partial charge in [0.2, 0.25) is 23.6 Å². The Morgan fingerprint density at radius 1 is 0.824 bits per heavy atom. The van der Waals surface area contributed by atoms with E-state index in [1.165, 1.54) is 6.92 Å². The lowest BCUT2D eigenvalue weighted by Crippen LogP contribution is -2.57. The molecule has 1 saturated carbocycles. The molecule has 25 heteroatoms. The highest BCUT2D eigenvalue weighted by atomic mass is 19.4. The summed E-state index contributed by atoms with van der Waals surface area (Å²) in [6.45, 7) is 5.68. The molecule has 0 radical (unpaired) electrons. The Balaban J connectivity index is 0.825. The van der Waals surface area contributed by atoms with Crippen LogP contribution in [0.4, 0.5) is 24.7 Å². The molecule has 3 fully saturated rings. The highest BCUT2D eigenvalue weighted by Gasteiger charge is 2.40. The van der Waals surface area contributed by atoms with Gasteiger partial charge in [-0.05, 0) is 49.4 Å². The Bertz CT molecular complexity index is 2260. The maximum Gasteiger partial charge on any atom is 0.434 e. The summed E-state index contributed by atoms with van der Waals surface area (Å²) in [5.41, 5.74) is 0.469. The van der Waals surface area contributed by atoms with Gasteiger partial charge in [-0.1, -0.05) is 37.8 Å². The number of benzene rings is 1. The molecule has 6 atom stereocenters. The topological polar surface area (TPSA) is 270 Å². The summed E-state index contributed by atoms with van der Waals surface area (Å²) >= 11 is 0. The average molecular weight is 1050 g/mol. The Hall–Kier alpha value is -5.83. The molecular weight excluding hydrogens is 978 g/mol. The van der Waals surface area contributed by atoms with Crippen molar-refractivity contribution in [3.05, 3.63) is 65.9 Å². The van der Waals surface area contributed by atoms with Crippen LogP contribution in [0.1, 0.15) is 74.1 Å². The van der Waals surface area contributed by atoms with E-state index in [0.717, 1.165) is 50.3 Å². The van der Waals surface area contributed by atoms with Crippen LogP contribution in [0.3, 0.4) is 0 Å². The molecule has 4 heterocycles. The first-order chi connectivity index (χ1) is 35.6. The molecule has 6 rings (SSSR count). The minimum absolute atomic E-state index is 0.0217. The second-order valence-electron chi connectivity index (χ2n) is 18.3. The average Bonchev–Trinajstić information content (AvgIpc) is 3.72. The normalized spacial score (nSPS) is 20.5. The molecule has 3 aliphatic rings. The molecule has 2 aromatic heterocycles. The standard InChI is InChI=1S/C49H69F3N10O12/c1-3-62-38(14-15-54-62)46(67)59-43(34-8-6-4-5-7-9-34)47(68)56-35-12-10-33(11-13-35)26-36(55-32(2)63)48(69)61-18-16-60(17-19-61)42(64)31-73-25-23-71-21-20-70-22-24-72-30-39-45(66)44(65)37(29-74-39)57-41-28-53-27-40(58-41)49(50,51)52/h10-15,27-28,34,36-37,39,43-45,65-66H,3-9,16-26,29-31H2,1-2H3,(H,55,63)(H,56,68)(H,57,58)(H,59,67)/t36-,37+,39-,43+,44-,45+/m1/s1. The van der Waals surface area contributed by atoms with Crippen LogP contribution in [0.15, 0.2) is 48.9 Å². The molecule has 2 aliphatic heterocycles. The van der Waals surface area contributed by atoms with Crippen LogP contribution in [0.5, 0.6) is 0 Å². The number of piperazine rings is 1. The third kappa shape index (κ3) is 17.4. The number of nitrogens with one attached hydrogen (secondary N) is 4. The Labute approximate surface area is 427 Å². The number of aliphatic hydroxyl groups is 2. The molecular formula is C49H69F3N10O12. The SMILES string of the molecule is CCn1nccc1C(=O)N[C@H](C(=O)Nc1ccc(C[C@@H](NC(C)=O)C(=O)N2CCN(C(=O)COCCOCCOCCOC[C@H]3OC[C@H](Nc4cncc(C(F)(F)F)n4)[C@@H](O)[C@H]3O)CC2)cc1)C1CCCCCC1. The van der Waals surface area contributed by atoms with Crippen molar-refractivity contribution in [3.8, 4) is 0 Å². The second-order valence-corrected chi connectivity index (χ2v) is 18.3. The zero-order valence-electron chi connectivity index (χ0n) is 41.8. The second kappa shape index (κ2) is 28.7. The van der Waals surface area contributed by atoms with Gasteiger partial charge < -0.3 is 65.0 Å². The van der Waals surface area contributed by atoms with Crippen LogP contribution < -0.4 is 21.3 Å². The van der Waals surface area contributed by atoms with E-state index in [1.54, 1.807) is 51.0 Å². The van der Waals surface area contributed by atoms with Crippen molar-refractivity contribution in [2.24, 2.45) is 5.92 Å². The molecule has 1 aliphatic carbocycles. The summed E-state index contributed by atoms with van der Waals surface area (Å²) < 4.78 is 68.1. The maximum absolute atomic E-state index is 13.8. The number of alkyl halides is 3. The van der Waals surface area contributed by atoms with E-state index in [2.05, 4.69) is 36.3 Å². The van der Waals surface area contributed by atoms with Crippen LogP contribution in [0.2, 0.25) is 0 Å². The van der Waals surface area contributed by atoms with Gasteiger partial charge in [0.25, 0.3) is 5.91 Å². The summed E-state index contributed by atoms with van der Waals surface area (Å²) in [5, 5.41) is 36.6. The minimum Gasteiger partial charge on any atom is -0.388 e. The van der Waals surface area contributed by atoms with Crippen molar-refractivity contribution in [2.45, 2.75) is 108 Å². The van der Waals surface area contributed by atoms with E-state index in [-0.39, 0.29) is 133 Å². The van der Waals surface area contributed by atoms with Gasteiger partial charge in [0.1, 0.15) is 48.5 Å². The van der Waals surface area contributed by atoms with E-state index in [0.29, 0.717) is 24.1 Å². The lowest BCUT2D eigenvalue weighted by atomic mass is 9.91. The fraction of sp³-hybridized carbons (Fsp3) is 0.633. The Morgan fingerprint density at radius 3 is 2.12 bits per heavy atom. The largest absolute Gasteiger partial charge is 0.434 e. The van der Waals surface area contributed by atoms with E-state index in [9.17, 15) is 47.4 Å². The first kappa shape index (κ1) is 57.4. The zero-order chi connectivity index (χ0) is 53.0. The number of rotatable bonds is 25. The van der Waals surface area contributed by atoms with Crippen molar-refractivity contribution in [1.82, 2.24) is 40.2 Å². The Kier molecular flexibility index (Phi) is 22.3. The van der Waals surface area contributed by atoms with Crippen molar-refractivity contribution < 1.29 is 71.0 Å². The number of hydrogen-bond donors (Lipinski definition) is 6. The summed E-state index contributed by atoms with van der Waals surface area (Å²) in [4.78, 5) is 76.2. The lowest BCUT2D eigenvalue weighted by Gasteiger charge is -2.38.